The summed E-state index contributed by atoms with van der Waals surface area (Å²) in [5.74, 6) is -0.355. The van der Waals surface area contributed by atoms with Crippen molar-refractivity contribution in [1.29, 1.82) is 0 Å². The zero-order valence-electron chi connectivity index (χ0n) is 15.4. The van der Waals surface area contributed by atoms with Gasteiger partial charge in [-0.2, -0.15) is 8.78 Å². The van der Waals surface area contributed by atoms with E-state index in [-0.39, 0.29) is 30.2 Å². The van der Waals surface area contributed by atoms with Crippen LogP contribution in [0.1, 0.15) is 17.5 Å². The molecule has 0 unspecified atom stereocenters. The summed E-state index contributed by atoms with van der Waals surface area (Å²) in [7, 11) is 0. The van der Waals surface area contributed by atoms with Gasteiger partial charge in [0.25, 0.3) is 5.56 Å². The van der Waals surface area contributed by atoms with Crippen molar-refractivity contribution in [3.63, 3.8) is 0 Å². The third kappa shape index (κ3) is 4.16. The summed E-state index contributed by atoms with van der Waals surface area (Å²) < 4.78 is 30.7. The van der Waals surface area contributed by atoms with Crippen molar-refractivity contribution >= 4 is 22.5 Å². The van der Waals surface area contributed by atoms with Gasteiger partial charge < -0.3 is 10.1 Å². The summed E-state index contributed by atoms with van der Waals surface area (Å²) in [6.45, 7) is 0.655. The average Bonchev–Trinajstić information content (AvgIpc) is 2.65. The first-order valence-electron chi connectivity index (χ1n) is 8.66. The number of rotatable bonds is 6. The van der Waals surface area contributed by atoms with Crippen LogP contribution in [-0.4, -0.2) is 22.1 Å². The quantitative estimate of drug-likeness (QED) is 0.701. The molecule has 0 saturated heterocycles. The van der Waals surface area contributed by atoms with Crippen LogP contribution in [0.3, 0.4) is 0 Å². The fourth-order valence-corrected chi connectivity index (χ4v) is 2.90. The van der Waals surface area contributed by atoms with E-state index in [0.717, 1.165) is 5.56 Å². The summed E-state index contributed by atoms with van der Waals surface area (Å²) in [5, 5.41) is 3.16. The van der Waals surface area contributed by atoms with Crippen molar-refractivity contribution in [2.45, 2.75) is 33.4 Å². The minimum absolute atomic E-state index is 0.00174. The zero-order chi connectivity index (χ0) is 20.3. The number of hydrogen-bond acceptors (Lipinski definition) is 4. The smallest absolute Gasteiger partial charge is 0.387 e. The molecule has 0 aliphatic heterocycles. The van der Waals surface area contributed by atoms with E-state index >= 15 is 0 Å². The molecule has 0 aliphatic rings. The van der Waals surface area contributed by atoms with E-state index in [4.69, 9.17) is 0 Å². The Morgan fingerprint density at radius 3 is 2.71 bits per heavy atom. The highest BCUT2D eigenvalue weighted by Gasteiger charge is 2.13. The molecule has 1 amide bonds. The molecule has 0 radical (unpaired) electrons. The number of aromatic nitrogens is 2. The van der Waals surface area contributed by atoms with E-state index in [1.54, 1.807) is 25.1 Å². The number of aryl methyl sites for hydroxylation is 2. The Bertz CT molecular complexity index is 1080. The summed E-state index contributed by atoms with van der Waals surface area (Å²) in [4.78, 5) is 29.1. The summed E-state index contributed by atoms with van der Waals surface area (Å²) in [5.41, 5.74) is 2.10. The number of alkyl halides is 2. The Labute approximate surface area is 159 Å². The molecule has 0 spiro atoms. The molecule has 0 aliphatic carbocycles. The molecule has 0 atom stereocenters. The lowest BCUT2D eigenvalue weighted by molar-refractivity contribution is -0.116. The topological polar surface area (TPSA) is 73.2 Å². The van der Waals surface area contributed by atoms with Gasteiger partial charge in [-0.25, -0.2) is 4.98 Å². The predicted octanol–water partition coefficient (Wildman–Crippen LogP) is 3.64. The first-order valence-corrected chi connectivity index (χ1v) is 8.66. The van der Waals surface area contributed by atoms with Crippen molar-refractivity contribution < 1.29 is 18.3 Å². The number of hydrogen-bond donors (Lipinski definition) is 1. The second-order valence-electron chi connectivity index (χ2n) is 6.32. The molecule has 0 saturated carbocycles. The summed E-state index contributed by atoms with van der Waals surface area (Å²) in [6.07, 6.45) is 1.45. The predicted molar refractivity (Wildman–Crippen MR) is 102 cm³/mol. The van der Waals surface area contributed by atoms with Gasteiger partial charge in [0.15, 0.2) is 0 Å². The molecule has 1 heterocycles. The number of amides is 1. The van der Waals surface area contributed by atoms with Crippen molar-refractivity contribution in [3.05, 3.63) is 64.2 Å². The normalized spacial score (nSPS) is 11.0. The molecule has 8 heteroatoms. The average molecular weight is 387 g/mol. The number of benzene rings is 2. The maximum atomic E-state index is 12.6. The van der Waals surface area contributed by atoms with Crippen molar-refractivity contribution in [2.24, 2.45) is 0 Å². The highest BCUT2D eigenvalue weighted by molar-refractivity contribution is 5.91. The van der Waals surface area contributed by atoms with Crippen LogP contribution in [0, 0.1) is 13.8 Å². The number of anilines is 1. The minimum Gasteiger partial charge on any atom is -0.434 e. The van der Waals surface area contributed by atoms with E-state index in [1.165, 1.54) is 23.0 Å². The molecule has 6 nitrogen and oxygen atoms in total. The fraction of sp³-hybridized carbons (Fsp3) is 0.250. The Balaban J connectivity index is 1.71. The van der Waals surface area contributed by atoms with Gasteiger partial charge in [-0.15, -0.1) is 0 Å². The number of halogens is 2. The zero-order valence-corrected chi connectivity index (χ0v) is 15.4. The Hall–Kier alpha value is -3.29. The van der Waals surface area contributed by atoms with Crippen LogP contribution in [0.2, 0.25) is 0 Å². The second-order valence-corrected chi connectivity index (χ2v) is 6.32. The Kier molecular flexibility index (Phi) is 5.67. The number of nitrogens with one attached hydrogen (secondary N) is 1. The van der Waals surface area contributed by atoms with E-state index in [1.807, 2.05) is 13.0 Å². The third-order valence-corrected chi connectivity index (χ3v) is 4.41. The maximum Gasteiger partial charge on any atom is 0.387 e. The Morgan fingerprint density at radius 2 is 1.96 bits per heavy atom. The van der Waals surface area contributed by atoms with Gasteiger partial charge in [0.2, 0.25) is 5.91 Å². The number of para-hydroxylation sites is 1. The van der Waals surface area contributed by atoms with Crippen LogP contribution in [0.15, 0.2) is 47.5 Å². The lowest BCUT2D eigenvalue weighted by Gasteiger charge is -2.13. The molecule has 1 aromatic heterocycles. The van der Waals surface area contributed by atoms with Crippen LogP contribution < -0.4 is 15.6 Å². The third-order valence-electron chi connectivity index (χ3n) is 4.41. The second kappa shape index (κ2) is 8.16. The first-order chi connectivity index (χ1) is 13.4. The molecule has 3 aromatic rings. The number of fused-ring (bicyclic) bond motifs is 1. The molecule has 146 valence electrons. The van der Waals surface area contributed by atoms with Crippen molar-refractivity contribution in [2.75, 3.05) is 5.32 Å². The van der Waals surface area contributed by atoms with Gasteiger partial charge in [-0.05, 0) is 37.6 Å². The standard InChI is InChI=1S/C20H19F2N3O3/c1-12-5-3-6-14-18(12)23-11-25(19(14)27)10-9-17(26)24-15-7-4-8-16(13(15)2)28-20(21)22/h3-8,11,20H,9-10H2,1-2H3,(H,24,26). The van der Waals surface area contributed by atoms with Crippen molar-refractivity contribution in [3.8, 4) is 5.75 Å². The minimum atomic E-state index is -2.94. The largest absolute Gasteiger partial charge is 0.434 e. The van der Waals surface area contributed by atoms with E-state index in [0.29, 0.717) is 22.2 Å². The number of nitrogens with zero attached hydrogens (tertiary/aromatic N) is 2. The first kappa shape index (κ1) is 19.5. The molecule has 28 heavy (non-hydrogen) atoms. The lowest BCUT2D eigenvalue weighted by Crippen LogP contribution is -2.24. The summed E-state index contributed by atoms with van der Waals surface area (Å²) >= 11 is 0. The summed E-state index contributed by atoms with van der Waals surface area (Å²) in [6, 6.07) is 9.87. The van der Waals surface area contributed by atoms with Gasteiger partial charge in [0.1, 0.15) is 5.75 Å². The van der Waals surface area contributed by atoms with Gasteiger partial charge in [-0.3, -0.25) is 14.2 Å². The SMILES string of the molecule is Cc1c(NC(=O)CCn2cnc3c(C)cccc3c2=O)cccc1OC(F)F. The molecule has 3 rings (SSSR count). The molecule has 0 fully saturated rings. The van der Waals surface area contributed by atoms with Crippen molar-refractivity contribution in [1.82, 2.24) is 9.55 Å². The van der Waals surface area contributed by atoms with Gasteiger partial charge in [-0.1, -0.05) is 18.2 Å². The van der Waals surface area contributed by atoms with E-state index < -0.39 is 6.61 Å². The fourth-order valence-electron chi connectivity index (χ4n) is 2.90. The van der Waals surface area contributed by atoms with Crippen LogP contribution in [0.4, 0.5) is 14.5 Å². The highest BCUT2D eigenvalue weighted by atomic mass is 19.3. The van der Waals surface area contributed by atoms with E-state index in [9.17, 15) is 18.4 Å². The highest BCUT2D eigenvalue weighted by Crippen LogP contribution is 2.26. The molecule has 0 bridgehead atoms. The van der Waals surface area contributed by atoms with Gasteiger partial charge in [0.05, 0.1) is 17.2 Å². The number of carbonyl (C=O) groups excluding carboxylic acids is 1. The van der Waals surface area contributed by atoms with Crippen LogP contribution >= 0.6 is 0 Å². The van der Waals surface area contributed by atoms with E-state index in [2.05, 4.69) is 15.0 Å². The van der Waals surface area contributed by atoms with Gasteiger partial charge >= 0.3 is 6.61 Å². The van der Waals surface area contributed by atoms with Gasteiger partial charge in [0, 0.05) is 24.2 Å². The van der Waals surface area contributed by atoms with Crippen LogP contribution in [0.5, 0.6) is 5.75 Å². The molecular weight excluding hydrogens is 368 g/mol. The van der Waals surface area contributed by atoms with Crippen LogP contribution in [-0.2, 0) is 11.3 Å². The number of ether oxygens (including phenoxy) is 1. The molecular formula is C20H19F2N3O3. The maximum absolute atomic E-state index is 12.6. The molecule has 1 N–H and O–H groups in total. The monoisotopic (exact) mass is 387 g/mol. The molecule has 2 aromatic carbocycles. The van der Waals surface area contributed by atoms with Crippen LogP contribution in [0.25, 0.3) is 10.9 Å². The Morgan fingerprint density at radius 1 is 1.21 bits per heavy atom. The lowest BCUT2D eigenvalue weighted by atomic mass is 10.1. The number of carbonyl (C=O) groups is 1.